The Bertz CT molecular complexity index is 570. The molecule has 112 valence electrons. The van der Waals surface area contributed by atoms with Crippen LogP contribution in [0.4, 0.5) is 0 Å². The summed E-state index contributed by atoms with van der Waals surface area (Å²) in [6.45, 7) is 0. The molecule has 1 aromatic rings. The monoisotopic (exact) mass is 355 g/mol. The van der Waals surface area contributed by atoms with Crippen molar-refractivity contribution in [1.29, 1.82) is 0 Å². The van der Waals surface area contributed by atoms with E-state index in [1.54, 1.807) is 12.1 Å². The molecule has 6 nitrogen and oxygen atoms in total. The van der Waals surface area contributed by atoms with Crippen molar-refractivity contribution in [3.05, 3.63) is 40.4 Å². The Morgan fingerprint density at radius 2 is 1.90 bits per heavy atom. The van der Waals surface area contributed by atoms with Crippen LogP contribution >= 0.6 is 15.9 Å². The number of carboxylic acids is 2. The zero-order valence-corrected chi connectivity index (χ0v) is 12.5. The number of hydrogen-bond acceptors (Lipinski definition) is 3. The highest BCUT2D eigenvalue weighted by Crippen LogP contribution is 2.16. The van der Waals surface area contributed by atoms with Crippen LogP contribution in [-0.2, 0) is 14.4 Å². The maximum absolute atomic E-state index is 11.7. The van der Waals surface area contributed by atoms with Gasteiger partial charge in [-0.3, -0.25) is 9.59 Å². The average molecular weight is 356 g/mol. The second-order valence-electron chi connectivity index (χ2n) is 4.19. The summed E-state index contributed by atoms with van der Waals surface area (Å²) < 4.78 is 0.801. The first kappa shape index (κ1) is 16.9. The molecule has 0 aliphatic carbocycles. The predicted molar refractivity (Wildman–Crippen MR) is 79.6 cm³/mol. The van der Waals surface area contributed by atoms with E-state index in [0.29, 0.717) is 0 Å². The Labute approximate surface area is 129 Å². The molecule has 1 aromatic carbocycles. The number of aliphatic carboxylic acids is 2. The average Bonchev–Trinajstić information content (AvgIpc) is 2.42. The van der Waals surface area contributed by atoms with Crippen LogP contribution in [-0.4, -0.2) is 34.1 Å². The van der Waals surface area contributed by atoms with Gasteiger partial charge in [0, 0.05) is 17.0 Å². The van der Waals surface area contributed by atoms with E-state index in [1.807, 2.05) is 12.1 Å². The van der Waals surface area contributed by atoms with E-state index in [9.17, 15) is 14.4 Å². The fourth-order valence-corrected chi connectivity index (χ4v) is 1.94. The van der Waals surface area contributed by atoms with Crippen LogP contribution in [0.25, 0.3) is 6.08 Å². The Balaban J connectivity index is 2.64. The minimum Gasteiger partial charge on any atom is -0.481 e. The van der Waals surface area contributed by atoms with Crippen molar-refractivity contribution >= 4 is 39.9 Å². The standard InChI is InChI=1S/C14H14BrNO5/c15-10-4-2-1-3-9(10)5-7-12(17)16-11(14(20)21)6-8-13(18)19/h1-5,7,11H,6,8H2,(H,16,17)(H,18,19)(H,20,21)/b7-5+. The van der Waals surface area contributed by atoms with Crippen molar-refractivity contribution in [2.45, 2.75) is 18.9 Å². The van der Waals surface area contributed by atoms with Crippen LogP contribution in [0.3, 0.4) is 0 Å². The molecule has 21 heavy (non-hydrogen) atoms. The number of nitrogens with one attached hydrogen (secondary N) is 1. The number of halogens is 1. The first-order valence-corrected chi connectivity index (χ1v) is 6.87. The minimum atomic E-state index is -1.26. The molecule has 0 radical (unpaired) electrons. The van der Waals surface area contributed by atoms with Gasteiger partial charge >= 0.3 is 11.9 Å². The molecule has 3 N–H and O–H groups in total. The number of carboxylic acid groups (broad SMARTS) is 2. The van der Waals surface area contributed by atoms with E-state index >= 15 is 0 Å². The van der Waals surface area contributed by atoms with Gasteiger partial charge in [0.2, 0.25) is 5.91 Å². The van der Waals surface area contributed by atoms with Crippen LogP contribution in [0.5, 0.6) is 0 Å². The summed E-state index contributed by atoms with van der Waals surface area (Å²) in [5.41, 5.74) is 0.769. The lowest BCUT2D eigenvalue weighted by atomic mass is 10.1. The summed E-state index contributed by atoms with van der Waals surface area (Å²) in [5, 5.41) is 19.7. The van der Waals surface area contributed by atoms with Crippen LogP contribution in [0.1, 0.15) is 18.4 Å². The molecule has 0 spiro atoms. The molecule has 1 amide bonds. The lowest BCUT2D eigenvalue weighted by molar-refractivity contribution is -0.142. The van der Waals surface area contributed by atoms with Gasteiger partial charge in [0.1, 0.15) is 6.04 Å². The molecule has 0 fully saturated rings. The normalized spacial score (nSPS) is 12.0. The molecule has 0 aliphatic heterocycles. The smallest absolute Gasteiger partial charge is 0.326 e. The van der Waals surface area contributed by atoms with Gasteiger partial charge < -0.3 is 15.5 Å². The maximum Gasteiger partial charge on any atom is 0.326 e. The van der Waals surface area contributed by atoms with E-state index in [0.717, 1.165) is 10.0 Å². The molecule has 7 heteroatoms. The fraction of sp³-hybridized carbons (Fsp3) is 0.214. The third kappa shape index (κ3) is 6.22. The number of carbonyl (C=O) groups is 3. The van der Waals surface area contributed by atoms with Crippen molar-refractivity contribution in [3.63, 3.8) is 0 Å². The lowest BCUT2D eigenvalue weighted by Gasteiger charge is -2.11. The zero-order valence-electron chi connectivity index (χ0n) is 11.0. The van der Waals surface area contributed by atoms with Crippen LogP contribution in [0.2, 0.25) is 0 Å². The number of rotatable bonds is 7. The number of amides is 1. The summed E-state index contributed by atoms with van der Waals surface area (Å²) in [6.07, 6.45) is 2.25. The maximum atomic E-state index is 11.7. The Kier molecular flexibility index (Phi) is 6.61. The second-order valence-corrected chi connectivity index (χ2v) is 5.04. The van der Waals surface area contributed by atoms with E-state index in [-0.39, 0.29) is 12.8 Å². The third-order valence-corrected chi connectivity index (χ3v) is 3.30. The highest BCUT2D eigenvalue weighted by molar-refractivity contribution is 9.10. The van der Waals surface area contributed by atoms with E-state index in [2.05, 4.69) is 21.2 Å². The zero-order chi connectivity index (χ0) is 15.8. The summed E-state index contributed by atoms with van der Waals surface area (Å²) in [5.74, 6) is -2.97. The Morgan fingerprint density at radius 3 is 2.48 bits per heavy atom. The van der Waals surface area contributed by atoms with Crippen molar-refractivity contribution in [3.8, 4) is 0 Å². The predicted octanol–water partition coefficient (Wildman–Crippen LogP) is 1.90. The summed E-state index contributed by atoms with van der Waals surface area (Å²) in [4.78, 5) is 33.0. The van der Waals surface area contributed by atoms with Gasteiger partial charge in [0.05, 0.1) is 0 Å². The summed E-state index contributed by atoms with van der Waals surface area (Å²) in [7, 11) is 0. The molecule has 0 aromatic heterocycles. The SMILES string of the molecule is O=C(O)CCC(NC(=O)/C=C/c1ccccc1Br)C(=O)O. The molecule has 1 unspecified atom stereocenters. The second kappa shape index (κ2) is 8.21. The third-order valence-electron chi connectivity index (χ3n) is 2.58. The van der Waals surface area contributed by atoms with Gasteiger partial charge in [0.15, 0.2) is 0 Å². The highest BCUT2D eigenvalue weighted by Gasteiger charge is 2.19. The van der Waals surface area contributed by atoms with Gasteiger partial charge in [-0.1, -0.05) is 34.1 Å². The topological polar surface area (TPSA) is 104 Å². The number of benzene rings is 1. The lowest BCUT2D eigenvalue weighted by Crippen LogP contribution is -2.40. The van der Waals surface area contributed by atoms with E-state index < -0.39 is 23.9 Å². The summed E-state index contributed by atoms with van der Waals surface area (Å²) >= 11 is 3.32. The van der Waals surface area contributed by atoms with Crippen LogP contribution < -0.4 is 5.32 Å². The quantitative estimate of drug-likeness (QED) is 0.648. The van der Waals surface area contributed by atoms with E-state index in [4.69, 9.17) is 10.2 Å². The van der Waals surface area contributed by atoms with E-state index in [1.165, 1.54) is 12.2 Å². The van der Waals surface area contributed by atoms with Gasteiger partial charge in [-0.15, -0.1) is 0 Å². The highest BCUT2D eigenvalue weighted by atomic mass is 79.9. The van der Waals surface area contributed by atoms with Crippen molar-refractivity contribution in [2.75, 3.05) is 0 Å². The molecule has 0 aliphatic rings. The number of hydrogen-bond donors (Lipinski definition) is 3. The van der Waals surface area contributed by atoms with Crippen molar-refractivity contribution < 1.29 is 24.6 Å². The molecule has 0 bridgehead atoms. The Hall–Kier alpha value is -2.15. The van der Waals surface area contributed by atoms with Gasteiger partial charge in [-0.25, -0.2) is 4.79 Å². The number of carbonyl (C=O) groups excluding carboxylic acids is 1. The molecular weight excluding hydrogens is 342 g/mol. The van der Waals surface area contributed by atoms with Gasteiger partial charge in [-0.05, 0) is 24.1 Å². The van der Waals surface area contributed by atoms with Crippen molar-refractivity contribution in [2.24, 2.45) is 0 Å². The molecule has 1 rings (SSSR count). The minimum absolute atomic E-state index is 0.167. The Morgan fingerprint density at radius 1 is 1.24 bits per heavy atom. The molecule has 0 heterocycles. The van der Waals surface area contributed by atoms with Crippen molar-refractivity contribution in [1.82, 2.24) is 5.32 Å². The first-order valence-electron chi connectivity index (χ1n) is 6.08. The summed E-state index contributed by atoms with van der Waals surface area (Å²) in [6, 6.07) is 6.00. The van der Waals surface area contributed by atoms with Crippen LogP contribution in [0.15, 0.2) is 34.8 Å². The van der Waals surface area contributed by atoms with Crippen LogP contribution in [0, 0.1) is 0 Å². The largest absolute Gasteiger partial charge is 0.481 e. The molecular formula is C14H14BrNO5. The van der Waals surface area contributed by atoms with Gasteiger partial charge in [0.25, 0.3) is 0 Å². The van der Waals surface area contributed by atoms with Gasteiger partial charge in [-0.2, -0.15) is 0 Å². The fourth-order valence-electron chi connectivity index (χ4n) is 1.52. The molecule has 1 atom stereocenters. The molecule has 0 saturated heterocycles. The molecule has 0 saturated carbocycles. The first-order chi connectivity index (χ1) is 9.90.